The zero-order chi connectivity index (χ0) is 24.0. The van der Waals surface area contributed by atoms with Gasteiger partial charge >= 0.3 is 0 Å². The van der Waals surface area contributed by atoms with Crippen LogP contribution in [0.3, 0.4) is 0 Å². The van der Waals surface area contributed by atoms with Crippen molar-refractivity contribution in [3.8, 4) is 0 Å². The Morgan fingerprint density at radius 3 is 2.42 bits per heavy atom. The third-order valence-electron chi connectivity index (χ3n) is 11.7. The predicted octanol–water partition coefficient (Wildman–Crippen LogP) is 7.29. The maximum absolute atomic E-state index is 12.6. The molecular weight excluding hydrogens is 406 g/mol. The standard InChI is InChI=1S/C30H45NO2/c1-18(2)26(33)23-16-19(17-31-23)20-10-14-30(7)22-8-9-24-27(3,4)25(32)12-13-28(24,5)21(22)11-15-29(20,30)6/h8,16-18,20-21,24-25,31-32H,9-15H2,1-7H3/t20-,21-,24-,25+,28+,29-,30+/m0/s1. The molecule has 0 unspecified atom stereocenters. The number of fused-ring (bicyclic) bond motifs is 5. The van der Waals surface area contributed by atoms with Gasteiger partial charge in [-0.15, -0.1) is 0 Å². The van der Waals surface area contributed by atoms with Gasteiger partial charge < -0.3 is 10.1 Å². The van der Waals surface area contributed by atoms with E-state index in [4.69, 9.17) is 0 Å². The normalized spacial score (nSPS) is 44.1. The second-order valence-electron chi connectivity index (χ2n) is 13.6. The monoisotopic (exact) mass is 451 g/mol. The molecular formula is C30H45NO2. The van der Waals surface area contributed by atoms with Crippen molar-refractivity contribution in [1.29, 1.82) is 0 Å². The summed E-state index contributed by atoms with van der Waals surface area (Å²) in [5, 5.41) is 10.8. The number of aromatic nitrogens is 1. The molecule has 3 nitrogen and oxygen atoms in total. The first kappa shape index (κ1) is 23.4. The second kappa shape index (κ2) is 7.33. The summed E-state index contributed by atoms with van der Waals surface area (Å²) in [4.78, 5) is 15.9. The van der Waals surface area contributed by atoms with Gasteiger partial charge in [0.15, 0.2) is 5.78 Å². The van der Waals surface area contributed by atoms with Crippen LogP contribution in [0.25, 0.3) is 0 Å². The van der Waals surface area contributed by atoms with Crippen molar-refractivity contribution in [3.63, 3.8) is 0 Å². The van der Waals surface area contributed by atoms with Crippen molar-refractivity contribution >= 4 is 5.78 Å². The Balaban J connectivity index is 1.50. The Kier molecular flexibility index (Phi) is 5.19. The van der Waals surface area contributed by atoms with Crippen LogP contribution in [0.2, 0.25) is 0 Å². The third-order valence-corrected chi connectivity index (χ3v) is 11.7. The lowest BCUT2D eigenvalue weighted by Gasteiger charge is -2.64. The molecule has 0 saturated heterocycles. The Hall–Kier alpha value is -1.35. The van der Waals surface area contributed by atoms with Crippen molar-refractivity contribution in [2.45, 2.75) is 105 Å². The van der Waals surface area contributed by atoms with Gasteiger partial charge in [0.2, 0.25) is 0 Å². The highest BCUT2D eigenvalue weighted by molar-refractivity contribution is 5.96. The lowest BCUT2D eigenvalue weighted by atomic mass is 9.41. The molecule has 33 heavy (non-hydrogen) atoms. The Morgan fingerprint density at radius 1 is 1.03 bits per heavy atom. The molecule has 3 heteroatoms. The van der Waals surface area contributed by atoms with E-state index in [1.54, 1.807) is 5.57 Å². The quantitative estimate of drug-likeness (QED) is 0.374. The first-order valence-electron chi connectivity index (χ1n) is 13.5. The molecule has 0 aromatic carbocycles. The van der Waals surface area contributed by atoms with Gasteiger partial charge in [-0.1, -0.05) is 60.1 Å². The number of aromatic amines is 1. The highest BCUT2D eigenvalue weighted by atomic mass is 16.3. The van der Waals surface area contributed by atoms with Crippen molar-refractivity contribution < 1.29 is 9.90 Å². The number of nitrogens with one attached hydrogen (secondary N) is 1. The summed E-state index contributed by atoms with van der Waals surface area (Å²) in [6.07, 6.45) is 12.7. The number of aliphatic hydroxyl groups excluding tert-OH is 1. The van der Waals surface area contributed by atoms with Crippen LogP contribution < -0.4 is 0 Å². The lowest BCUT2D eigenvalue weighted by molar-refractivity contribution is -0.129. The van der Waals surface area contributed by atoms with Crippen LogP contribution in [0.15, 0.2) is 23.9 Å². The molecule has 5 rings (SSSR count). The Labute approximate surface area is 200 Å². The van der Waals surface area contributed by atoms with Crippen LogP contribution in [0.1, 0.15) is 115 Å². The van der Waals surface area contributed by atoms with E-state index in [0.29, 0.717) is 23.2 Å². The summed E-state index contributed by atoms with van der Waals surface area (Å²) in [6.45, 7) is 16.2. The average molecular weight is 452 g/mol. The molecule has 182 valence electrons. The van der Waals surface area contributed by atoms with E-state index in [1.807, 2.05) is 13.8 Å². The number of hydrogen-bond acceptors (Lipinski definition) is 2. The van der Waals surface area contributed by atoms with Crippen LogP contribution in [0.4, 0.5) is 0 Å². The minimum Gasteiger partial charge on any atom is -0.393 e. The van der Waals surface area contributed by atoms with Crippen molar-refractivity contribution in [3.05, 3.63) is 35.2 Å². The smallest absolute Gasteiger partial charge is 0.181 e. The molecule has 4 aliphatic rings. The van der Waals surface area contributed by atoms with Gasteiger partial charge in [0.05, 0.1) is 11.8 Å². The number of ketones is 1. The first-order chi connectivity index (χ1) is 15.4. The van der Waals surface area contributed by atoms with Gasteiger partial charge in [0.25, 0.3) is 0 Å². The van der Waals surface area contributed by atoms with Crippen molar-refractivity contribution in [2.75, 3.05) is 0 Å². The summed E-state index contributed by atoms with van der Waals surface area (Å²) in [5.41, 5.74) is 4.57. The van der Waals surface area contributed by atoms with Gasteiger partial charge in [-0.2, -0.15) is 0 Å². The number of hydrogen-bond donors (Lipinski definition) is 2. The van der Waals surface area contributed by atoms with Crippen LogP contribution >= 0.6 is 0 Å². The maximum Gasteiger partial charge on any atom is 0.181 e. The molecule has 1 aromatic heterocycles. The molecule has 4 aliphatic carbocycles. The fourth-order valence-corrected chi connectivity index (χ4v) is 9.29. The minimum absolute atomic E-state index is 0.0145. The van der Waals surface area contributed by atoms with E-state index in [2.05, 4.69) is 57.9 Å². The fraction of sp³-hybridized carbons (Fsp3) is 0.767. The van der Waals surface area contributed by atoms with Gasteiger partial charge in [0, 0.05) is 12.1 Å². The molecule has 0 aliphatic heterocycles. The zero-order valence-corrected chi connectivity index (χ0v) is 21.9. The summed E-state index contributed by atoms with van der Waals surface area (Å²) in [5.74, 6) is 1.94. The van der Waals surface area contributed by atoms with Crippen molar-refractivity contribution in [2.24, 2.45) is 39.4 Å². The van der Waals surface area contributed by atoms with Gasteiger partial charge in [-0.05, 0) is 96.0 Å². The van der Waals surface area contributed by atoms with Crippen LogP contribution in [0, 0.1) is 39.4 Å². The Morgan fingerprint density at radius 2 is 1.73 bits per heavy atom. The van der Waals surface area contributed by atoms with Crippen LogP contribution in [0.5, 0.6) is 0 Å². The zero-order valence-electron chi connectivity index (χ0n) is 21.9. The van der Waals surface area contributed by atoms with Crippen LogP contribution in [-0.2, 0) is 0 Å². The minimum atomic E-state index is -0.179. The predicted molar refractivity (Wildman–Crippen MR) is 134 cm³/mol. The van der Waals surface area contributed by atoms with E-state index in [1.165, 1.54) is 31.2 Å². The van der Waals surface area contributed by atoms with E-state index < -0.39 is 0 Å². The molecule has 0 spiro atoms. The highest BCUT2D eigenvalue weighted by Gasteiger charge is 2.65. The number of allylic oxidation sites excluding steroid dienone is 2. The van der Waals surface area contributed by atoms with E-state index in [9.17, 15) is 9.90 Å². The van der Waals surface area contributed by atoms with E-state index in [0.717, 1.165) is 25.0 Å². The second-order valence-corrected chi connectivity index (χ2v) is 13.6. The summed E-state index contributed by atoms with van der Waals surface area (Å²) >= 11 is 0. The molecule has 0 bridgehead atoms. The molecule has 1 heterocycles. The SMILES string of the molecule is CC(C)C(=O)c1cc([C@@H]2CC[C@]3(C)C4=CC[C@H]5C(C)(C)[C@H](O)CC[C@]5(C)[C@H]4CC[C@@]23C)c[nH]1. The van der Waals surface area contributed by atoms with Crippen LogP contribution in [-0.4, -0.2) is 22.0 Å². The highest BCUT2D eigenvalue weighted by Crippen LogP contribution is 2.74. The molecule has 7 atom stereocenters. The largest absolute Gasteiger partial charge is 0.393 e. The lowest BCUT2D eigenvalue weighted by Crippen LogP contribution is -2.57. The number of carbonyl (C=O) groups is 1. The fourth-order valence-electron chi connectivity index (χ4n) is 9.29. The topological polar surface area (TPSA) is 53.1 Å². The summed E-state index contributed by atoms with van der Waals surface area (Å²) in [6, 6.07) is 2.16. The molecule has 1 aromatic rings. The van der Waals surface area contributed by atoms with Crippen molar-refractivity contribution in [1.82, 2.24) is 4.98 Å². The molecule has 2 N–H and O–H groups in total. The molecule has 3 fully saturated rings. The number of H-pyrrole nitrogens is 1. The van der Waals surface area contributed by atoms with E-state index in [-0.39, 0.29) is 34.1 Å². The maximum atomic E-state index is 12.6. The Bertz CT molecular complexity index is 985. The summed E-state index contributed by atoms with van der Waals surface area (Å²) < 4.78 is 0. The molecule has 3 saturated carbocycles. The van der Waals surface area contributed by atoms with Gasteiger partial charge in [-0.25, -0.2) is 0 Å². The average Bonchev–Trinajstić information content (AvgIpc) is 3.33. The number of carbonyl (C=O) groups excluding carboxylic acids is 1. The summed E-state index contributed by atoms with van der Waals surface area (Å²) in [7, 11) is 0. The number of Topliss-reactive ketones (excluding diaryl/α,β-unsaturated/α-hetero) is 1. The first-order valence-corrected chi connectivity index (χ1v) is 13.5. The third kappa shape index (κ3) is 3.00. The molecule has 0 amide bonds. The van der Waals surface area contributed by atoms with Gasteiger partial charge in [-0.3, -0.25) is 4.79 Å². The van der Waals surface area contributed by atoms with Gasteiger partial charge in [0.1, 0.15) is 0 Å². The molecule has 0 radical (unpaired) electrons. The number of rotatable bonds is 3. The van der Waals surface area contributed by atoms with E-state index >= 15 is 0 Å². The number of aliphatic hydroxyl groups is 1.